The van der Waals surface area contributed by atoms with Crippen molar-refractivity contribution in [2.45, 2.75) is 31.6 Å². The van der Waals surface area contributed by atoms with Gasteiger partial charge in [-0.3, -0.25) is 9.59 Å². The van der Waals surface area contributed by atoms with Crippen LogP contribution in [0.1, 0.15) is 31.7 Å². The molecule has 1 saturated carbocycles. The van der Waals surface area contributed by atoms with Crippen LogP contribution >= 0.6 is 0 Å². The Labute approximate surface area is 144 Å². The van der Waals surface area contributed by atoms with Crippen LogP contribution in [0.3, 0.4) is 0 Å². The van der Waals surface area contributed by atoms with E-state index in [2.05, 4.69) is 10.6 Å². The second-order valence-corrected chi connectivity index (χ2v) is 6.28. The van der Waals surface area contributed by atoms with Gasteiger partial charge in [-0.05, 0) is 48.7 Å². The van der Waals surface area contributed by atoms with E-state index in [4.69, 9.17) is 0 Å². The Bertz CT molecular complexity index is 832. The highest BCUT2D eigenvalue weighted by atomic mass is 19.1. The highest BCUT2D eigenvalue weighted by Crippen LogP contribution is 2.45. The summed E-state index contributed by atoms with van der Waals surface area (Å²) in [6.07, 6.45) is 2.00. The Morgan fingerprint density at radius 1 is 1.04 bits per heavy atom. The topological polar surface area (TPSA) is 58.2 Å². The highest BCUT2D eigenvalue weighted by molar-refractivity contribution is 6.00. The van der Waals surface area contributed by atoms with Crippen LogP contribution in [-0.2, 0) is 15.0 Å². The lowest BCUT2D eigenvalue weighted by atomic mass is 9.63. The van der Waals surface area contributed by atoms with Crippen molar-refractivity contribution in [2.75, 3.05) is 10.6 Å². The molecular weight excluding hydrogens is 326 g/mol. The number of nitrogens with one attached hydrogen (secondary N) is 2. The van der Waals surface area contributed by atoms with Gasteiger partial charge in [0.15, 0.2) is 0 Å². The summed E-state index contributed by atoms with van der Waals surface area (Å²) < 4.78 is 27.6. The number of amides is 2. The monoisotopic (exact) mass is 344 g/mol. The quantitative estimate of drug-likeness (QED) is 0.881. The van der Waals surface area contributed by atoms with E-state index >= 15 is 0 Å². The summed E-state index contributed by atoms with van der Waals surface area (Å²) in [4.78, 5) is 24.0. The van der Waals surface area contributed by atoms with Gasteiger partial charge in [-0.25, -0.2) is 8.78 Å². The molecule has 0 saturated heterocycles. The van der Waals surface area contributed by atoms with Gasteiger partial charge in [-0.2, -0.15) is 0 Å². The number of hydrogen-bond donors (Lipinski definition) is 2. The fourth-order valence-corrected chi connectivity index (χ4v) is 3.11. The molecule has 2 aromatic rings. The van der Waals surface area contributed by atoms with E-state index in [0.29, 0.717) is 24.1 Å². The molecule has 130 valence electrons. The van der Waals surface area contributed by atoms with E-state index in [0.717, 1.165) is 6.42 Å². The fourth-order valence-electron chi connectivity index (χ4n) is 3.11. The number of benzene rings is 2. The van der Waals surface area contributed by atoms with Crippen molar-refractivity contribution >= 4 is 23.2 Å². The maximum atomic E-state index is 14.1. The Balaban J connectivity index is 1.87. The molecule has 0 heterocycles. The molecule has 2 N–H and O–H groups in total. The van der Waals surface area contributed by atoms with Crippen LogP contribution in [0.4, 0.5) is 20.2 Å². The summed E-state index contributed by atoms with van der Waals surface area (Å²) in [5, 5.41) is 5.14. The van der Waals surface area contributed by atoms with E-state index in [1.807, 2.05) is 0 Å². The van der Waals surface area contributed by atoms with Crippen molar-refractivity contribution in [3.8, 4) is 0 Å². The van der Waals surface area contributed by atoms with Crippen LogP contribution in [0.5, 0.6) is 0 Å². The first-order valence-electron chi connectivity index (χ1n) is 8.05. The normalized spacial score (nSPS) is 15.2. The second-order valence-electron chi connectivity index (χ2n) is 6.28. The minimum absolute atomic E-state index is 0.0149. The molecule has 25 heavy (non-hydrogen) atoms. The van der Waals surface area contributed by atoms with Crippen molar-refractivity contribution in [3.63, 3.8) is 0 Å². The molecule has 0 bridgehead atoms. The van der Waals surface area contributed by atoms with Crippen LogP contribution in [-0.4, -0.2) is 11.8 Å². The van der Waals surface area contributed by atoms with E-state index in [1.165, 1.54) is 37.3 Å². The second kappa shape index (κ2) is 6.63. The molecule has 0 spiro atoms. The van der Waals surface area contributed by atoms with E-state index < -0.39 is 17.0 Å². The maximum Gasteiger partial charge on any atom is 0.235 e. The Morgan fingerprint density at radius 2 is 1.80 bits per heavy atom. The van der Waals surface area contributed by atoms with Gasteiger partial charge in [-0.15, -0.1) is 0 Å². The van der Waals surface area contributed by atoms with Crippen molar-refractivity contribution in [3.05, 3.63) is 59.7 Å². The van der Waals surface area contributed by atoms with Crippen molar-refractivity contribution < 1.29 is 18.4 Å². The first kappa shape index (κ1) is 17.1. The molecule has 0 unspecified atom stereocenters. The zero-order valence-corrected chi connectivity index (χ0v) is 13.7. The summed E-state index contributed by atoms with van der Waals surface area (Å²) in [5.41, 5.74) is 0.115. The summed E-state index contributed by atoms with van der Waals surface area (Å²) in [5.74, 6) is -1.67. The maximum absolute atomic E-state index is 14.1. The third kappa shape index (κ3) is 3.38. The van der Waals surface area contributed by atoms with E-state index in [1.54, 1.807) is 12.1 Å². The van der Waals surface area contributed by atoms with Gasteiger partial charge in [0.2, 0.25) is 11.8 Å². The summed E-state index contributed by atoms with van der Waals surface area (Å²) in [6, 6.07) is 9.91. The first-order chi connectivity index (χ1) is 11.9. The van der Waals surface area contributed by atoms with Crippen molar-refractivity contribution in [1.29, 1.82) is 0 Å². The van der Waals surface area contributed by atoms with Gasteiger partial charge in [0.1, 0.15) is 11.6 Å². The predicted molar refractivity (Wildman–Crippen MR) is 91.3 cm³/mol. The summed E-state index contributed by atoms with van der Waals surface area (Å²) in [7, 11) is 0. The third-order valence-electron chi connectivity index (χ3n) is 4.55. The van der Waals surface area contributed by atoms with Crippen LogP contribution in [0.15, 0.2) is 42.5 Å². The standard InChI is InChI=1S/C19H18F2N2O2/c1-12(24)22-15-6-7-16(21)17(11-15)23-18(25)19(8-3-9-19)13-4-2-5-14(20)10-13/h2,4-7,10-11H,3,8-9H2,1H3,(H,22,24)(H,23,25). The lowest BCUT2D eigenvalue weighted by Gasteiger charge is -2.40. The van der Waals surface area contributed by atoms with Crippen LogP contribution < -0.4 is 10.6 Å². The highest BCUT2D eigenvalue weighted by Gasteiger charge is 2.46. The SMILES string of the molecule is CC(=O)Nc1ccc(F)c(NC(=O)C2(c3cccc(F)c3)CCC2)c1. The molecule has 0 aromatic heterocycles. The zero-order valence-electron chi connectivity index (χ0n) is 13.7. The minimum Gasteiger partial charge on any atom is -0.326 e. The average molecular weight is 344 g/mol. The lowest BCUT2D eigenvalue weighted by molar-refractivity contribution is -0.124. The third-order valence-corrected chi connectivity index (χ3v) is 4.55. The summed E-state index contributed by atoms with van der Waals surface area (Å²) >= 11 is 0. The van der Waals surface area contributed by atoms with Gasteiger partial charge >= 0.3 is 0 Å². The van der Waals surface area contributed by atoms with Crippen LogP contribution in [0, 0.1) is 11.6 Å². The first-order valence-corrected chi connectivity index (χ1v) is 8.05. The molecule has 2 amide bonds. The zero-order chi connectivity index (χ0) is 18.0. The van der Waals surface area contributed by atoms with Crippen LogP contribution in [0.25, 0.3) is 0 Å². The molecule has 1 fully saturated rings. The number of anilines is 2. The number of rotatable bonds is 4. The molecule has 0 atom stereocenters. The molecule has 4 nitrogen and oxygen atoms in total. The summed E-state index contributed by atoms with van der Waals surface area (Å²) in [6.45, 7) is 1.34. The van der Waals surface area contributed by atoms with Crippen molar-refractivity contribution in [2.24, 2.45) is 0 Å². The predicted octanol–water partition coefficient (Wildman–Crippen LogP) is 3.98. The molecule has 1 aliphatic rings. The lowest BCUT2D eigenvalue weighted by Crippen LogP contribution is -2.46. The van der Waals surface area contributed by atoms with E-state index in [9.17, 15) is 18.4 Å². The van der Waals surface area contributed by atoms with Gasteiger partial charge in [-0.1, -0.05) is 18.6 Å². The van der Waals surface area contributed by atoms with Gasteiger partial charge in [0, 0.05) is 12.6 Å². The largest absolute Gasteiger partial charge is 0.326 e. The number of halogens is 2. The Kier molecular flexibility index (Phi) is 4.53. The minimum atomic E-state index is -0.849. The molecule has 0 radical (unpaired) electrons. The molecular formula is C19H18F2N2O2. The Hall–Kier alpha value is -2.76. The molecule has 2 aromatic carbocycles. The number of hydrogen-bond acceptors (Lipinski definition) is 2. The number of carbonyl (C=O) groups is 2. The smallest absolute Gasteiger partial charge is 0.235 e. The molecule has 1 aliphatic carbocycles. The molecule has 6 heteroatoms. The van der Waals surface area contributed by atoms with Gasteiger partial charge in [0.25, 0.3) is 0 Å². The fraction of sp³-hybridized carbons (Fsp3) is 0.263. The average Bonchev–Trinajstić information content (AvgIpc) is 2.49. The van der Waals surface area contributed by atoms with E-state index in [-0.39, 0.29) is 17.5 Å². The number of carbonyl (C=O) groups excluding carboxylic acids is 2. The van der Waals surface area contributed by atoms with Gasteiger partial charge < -0.3 is 10.6 Å². The van der Waals surface area contributed by atoms with Crippen LogP contribution in [0.2, 0.25) is 0 Å². The van der Waals surface area contributed by atoms with Crippen molar-refractivity contribution in [1.82, 2.24) is 0 Å². The molecule has 3 rings (SSSR count). The Morgan fingerprint density at radius 3 is 2.40 bits per heavy atom. The van der Waals surface area contributed by atoms with Gasteiger partial charge in [0.05, 0.1) is 11.1 Å². The molecule has 0 aliphatic heterocycles.